The molecule has 0 unspecified atom stereocenters. The Balaban J connectivity index is 3.01. The highest BCUT2D eigenvalue weighted by molar-refractivity contribution is 5.93. The summed E-state index contributed by atoms with van der Waals surface area (Å²) in [6.45, 7) is 6.75. The van der Waals surface area contributed by atoms with Gasteiger partial charge in [-0.05, 0) is 64.2 Å². The van der Waals surface area contributed by atoms with Crippen molar-refractivity contribution in [1.29, 1.82) is 0 Å². The molecule has 0 fully saturated rings. The first-order valence-electron chi connectivity index (χ1n) is 18.2. The number of methoxy groups -OCH3 is 1. The molecule has 0 bridgehead atoms. The van der Waals surface area contributed by atoms with Crippen LogP contribution < -0.4 is 10.1 Å². The maximum atomic E-state index is 13.8. The van der Waals surface area contributed by atoms with Crippen molar-refractivity contribution in [2.45, 2.75) is 141 Å². The molecule has 1 amide bonds. The highest BCUT2D eigenvalue weighted by Crippen LogP contribution is 2.29. The molecule has 3 atom stereocenters. The molecule has 284 valence electrons. The van der Waals surface area contributed by atoms with Crippen LogP contribution in [0.1, 0.15) is 123 Å². The molecule has 1 rings (SSSR count). The van der Waals surface area contributed by atoms with Crippen LogP contribution in [0.15, 0.2) is 36.4 Å². The number of halogens is 1. The van der Waals surface area contributed by atoms with Gasteiger partial charge in [-0.15, -0.1) is 0 Å². The second-order valence-electron chi connectivity index (χ2n) is 13.9. The summed E-state index contributed by atoms with van der Waals surface area (Å²) in [6, 6.07) is 5.22. The number of ether oxygens (including phenoxy) is 3. The van der Waals surface area contributed by atoms with Crippen molar-refractivity contribution in [2.75, 3.05) is 27.0 Å². The molecule has 0 saturated heterocycles. The zero-order valence-electron chi connectivity index (χ0n) is 31.0. The van der Waals surface area contributed by atoms with Gasteiger partial charge in [-0.25, -0.2) is 9.59 Å². The average molecular weight is 708 g/mol. The molecule has 1 aromatic carbocycles. The van der Waals surface area contributed by atoms with E-state index in [0.29, 0.717) is 36.4 Å². The van der Waals surface area contributed by atoms with E-state index >= 15 is 0 Å². The van der Waals surface area contributed by atoms with E-state index in [1.165, 1.54) is 32.4 Å². The summed E-state index contributed by atoms with van der Waals surface area (Å²) in [4.78, 5) is 51.7. The molecule has 0 spiro atoms. The van der Waals surface area contributed by atoms with Gasteiger partial charge in [-0.2, -0.15) is 0 Å². The van der Waals surface area contributed by atoms with Crippen LogP contribution in [-0.2, 0) is 35.1 Å². The van der Waals surface area contributed by atoms with Gasteiger partial charge in [0.1, 0.15) is 23.2 Å². The van der Waals surface area contributed by atoms with Crippen molar-refractivity contribution in [3.63, 3.8) is 0 Å². The summed E-state index contributed by atoms with van der Waals surface area (Å²) < 4.78 is 28.5. The molecule has 0 aliphatic heterocycles. The molecule has 1 aromatic rings. The molecule has 50 heavy (non-hydrogen) atoms. The number of allylic oxidation sites excluding steroid dienone is 1. The SMILES string of the molecule is CCCCCCCC(=O)CCCCCC/C=C/[C@H](C(=O)N[C@@H](Cc1ccc(OCCCF)cc1)C(=O)O)[C@@](O)(CCOC)C(=O)OC(C)(C)C. The van der Waals surface area contributed by atoms with Gasteiger partial charge < -0.3 is 29.7 Å². The number of aliphatic carboxylic acids is 1. The summed E-state index contributed by atoms with van der Waals surface area (Å²) in [7, 11) is 1.40. The number of ketones is 1. The highest BCUT2D eigenvalue weighted by atomic mass is 19.1. The topological polar surface area (TPSA) is 148 Å². The summed E-state index contributed by atoms with van der Waals surface area (Å²) >= 11 is 0. The van der Waals surface area contributed by atoms with Gasteiger partial charge in [0.25, 0.3) is 0 Å². The lowest BCUT2D eigenvalue weighted by Gasteiger charge is -2.34. The molecule has 0 aromatic heterocycles. The molecule has 10 nitrogen and oxygen atoms in total. The number of amides is 1. The number of carboxylic acids is 1. The number of Topliss-reactive ketones (excluding diaryl/α,β-unsaturated/α-hetero) is 1. The zero-order chi connectivity index (χ0) is 37.4. The second-order valence-corrected chi connectivity index (χ2v) is 13.9. The predicted octanol–water partition coefficient (Wildman–Crippen LogP) is 7.09. The molecule has 3 N–H and O–H groups in total. The molecular weight excluding hydrogens is 645 g/mol. The van der Waals surface area contributed by atoms with Crippen LogP contribution in [-0.4, -0.2) is 78.1 Å². The predicted molar refractivity (Wildman–Crippen MR) is 192 cm³/mol. The molecule has 11 heteroatoms. The number of aliphatic hydroxyl groups is 1. The monoisotopic (exact) mass is 707 g/mol. The van der Waals surface area contributed by atoms with Crippen molar-refractivity contribution < 1.29 is 48.0 Å². The van der Waals surface area contributed by atoms with Crippen LogP contribution in [0.5, 0.6) is 5.75 Å². The lowest BCUT2D eigenvalue weighted by Crippen LogP contribution is -2.56. The molecule has 0 radical (unpaired) electrons. The van der Waals surface area contributed by atoms with E-state index in [9.17, 15) is 33.8 Å². The third kappa shape index (κ3) is 18.6. The summed E-state index contributed by atoms with van der Waals surface area (Å²) in [5, 5.41) is 24.3. The van der Waals surface area contributed by atoms with E-state index in [4.69, 9.17) is 14.2 Å². The molecular formula is C39H62FNO9. The fourth-order valence-electron chi connectivity index (χ4n) is 5.36. The van der Waals surface area contributed by atoms with E-state index < -0.39 is 47.7 Å². The lowest BCUT2D eigenvalue weighted by molar-refractivity contribution is -0.185. The molecule has 0 saturated carbocycles. The zero-order valence-corrected chi connectivity index (χ0v) is 31.0. The normalized spacial score (nSPS) is 14.1. The van der Waals surface area contributed by atoms with Crippen molar-refractivity contribution in [3.05, 3.63) is 42.0 Å². The first-order chi connectivity index (χ1) is 23.8. The number of benzene rings is 1. The van der Waals surface area contributed by atoms with Gasteiger partial charge in [-0.1, -0.05) is 69.7 Å². The van der Waals surface area contributed by atoms with Gasteiger partial charge in [0.15, 0.2) is 5.60 Å². The van der Waals surface area contributed by atoms with Crippen molar-refractivity contribution >= 4 is 23.6 Å². The van der Waals surface area contributed by atoms with Crippen LogP contribution in [0.25, 0.3) is 0 Å². The summed E-state index contributed by atoms with van der Waals surface area (Å²) in [6.07, 6.45) is 13.8. The molecule has 0 heterocycles. The lowest BCUT2D eigenvalue weighted by atomic mass is 9.82. The fourth-order valence-corrected chi connectivity index (χ4v) is 5.36. The Hall–Kier alpha value is -3.31. The maximum absolute atomic E-state index is 13.8. The minimum Gasteiger partial charge on any atom is -0.494 e. The number of nitrogens with one attached hydrogen (secondary N) is 1. The number of hydrogen-bond donors (Lipinski definition) is 3. The number of unbranched alkanes of at least 4 members (excludes halogenated alkanes) is 8. The number of rotatable bonds is 28. The Kier molecular flexibility index (Phi) is 22.2. The van der Waals surface area contributed by atoms with E-state index in [2.05, 4.69) is 12.2 Å². The van der Waals surface area contributed by atoms with Crippen LogP contribution in [0.3, 0.4) is 0 Å². The Bertz CT molecular complexity index is 1170. The second kappa shape index (κ2) is 24.8. The van der Waals surface area contributed by atoms with Gasteiger partial charge in [0.2, 0.25) is 5.91 Å². The van der Waals surface area contributed by atoms with Gasteiger partial charge in [0.05, 0.1) is 19.2 Å². The first kappa shape index (κ1) is 44.7. The molecule has 0 aliphatic rings. The van der Waals surface area contributed by atoms with E-state index in [1.54, 1.807) is 51.1 Å². The average Bonchev–Trinajstić information content (AvgIpc) is 3.06. The third-order valence-corrected chi connectivity index (χ3v) is 8.23. The minimum absolute atomic E-state index is 0.0626. The Morgan fingerprint density at radius 2 is 1.52 bits per heavy atom. The van der Waals surface area contributed by atoms with E-state index in [-0.39, 0.29) is 32.5 Å². The van der Waals surface area contributed by atoms with E-state index in [1.807, 2.05) is 0 Å². The Morgan fingerprint density at radius 3 is 2.08 bits per heavy atom. The number of carbonyl (C=O) groups is 4. The first-order valence-corrected chi connectivity index (χ1v) is 18.2. The van der Waals surface area contributed by atoms with Crippen LogP contribution in [0.4, 0.5) is 4.39 Å². The highest BCUT2D eigenvalue weighted by Gasteiger charge is 2.49. The Morgan fingerprint density at radius 1 is 0.900 bits per heavy atom. The van der Waals surface area contributed by atoms with Gasteiger partial charge in [-0.3, -0.25) is 14.0 Å². The van der Waals surface area contributed by atoms with Crippen LogP contribution in [0, 0.1) is 5.92 Å². The quantitative estimate of drug-likeness (QED) is 0.0472. The largest absolute Gasteiger partial charge is 0.494 e. The fraction of sp³-hybridized carbons (Fsp3) is 0.692. The smallest absolute Gasteiger partial charge is 0.339 e. The third-order valence-electron chi connectivity index (χ3n) is 8.23. The Labute approximate surface area is 298 Å². The van der Waals surface area contributed by atoms with Crippen molar-refractivity contribution in [1.82, 2.24) is 5.32 Å². The van der Waals surface area contributed by atoms with Crippen molar-refractivity contribution in [3.8, 4) is 5.75 Å². The minimum atomic E-state index is -2.34. The van der Waals surface area contributed by atoms with Gasteiger partial charge >= 0.3 is 11.9 Å². The van der Waals surface area contributed by atoms with Gasteiger partial charge in [0, 0.05) is 45.8 Å². The number of esters is 1. The van der Waals surface area contributed by atoms with Crippen LogP contribution >= 0.6 is 0 Å². The summed E-state index contributed by atoms with van der Waals surface area (Å²) in [5.74, 6) is -3.82. The number of carboxylic acid groups (broad SMARTS) is 1. The molecule has 0 aliphatic carbocycles. The maximum Gasteiger partial charge on any atom is 0.339 e. The van der Waals surface area contributed by atoms with E-state index in [0.717, 1.165) is 38.5 Å². The summed E-state index contributed by atoms with van der Waals surface area (Å²) in [5.41, 5.74) is -2.72. The number of alkyl halides is 1. The standard InChI is InChI=1S/C39H62FNO9/c1-6-7-8-11-14-18-31(42)19-15-12-9-10-13-16-20-33(39(47,25-28-48-5)37(46)50-38(2,3)4)35(43)41-34(36(44)45)29-30-21-23-32(24-22-30)49-27-17-26-40/h16,20-24,33-34,47H,6-15,17-19,25-29H2,1-5H3,(H,41,43)(H,44,45)/b20-16+/t33-,34+,39+/m1/s1. The van der Waals surface area contributed by atoms with Crippen LogP contribution in [0.2, 0.25) is 0 Å². The number of carbonyl (C=O) groups excluding carboxylic acids is 3. The number of hydrogen-bond acceptors (Lipinski definition) is 8. The van der Waals surface area contributed by atoms with Crippen molar-refractivity contribution in [2.24, 2.45) is 5.92 Å².